The van der Waals surface area contributed by atoms with Crippen LogP contribution in [-0.2, 0) is 26.3 Å². The number of halogens is 1. The molecule has 1 aromatic heterocycles. The molecule has 0 spiro atoms. The third-order valence-corrected chi connectivity index (χ3v) is 7.61. The van der Waals surface area contributed by atoms with Crippen molar-refractivity contribution in [3.05, 3.63) is 71.9 Å². The Bertz CT molecular complexity index is 1330. The number of amides is 3. The maximum absolute atomic E-state index is 13.9. The number of aromatic nitrogens is 1. The summed E-state index contributed by atoms with van der Waals surface area (Å²) in [5.74, 6) is -0.615. The van der Waals surface area contributed by atoms with Crippen LogP contribution < -0.4 is 16.4 Å². The fraction of sp³-hybridized carbons (Fsp3) is 0.452. The summed E-state index contributed by atoms with van der Waals surface area (Å²) < 4.78 is 6.04. The lowest BCUT2D eigenvalue weighted by Crippen LogP contribution is -2.58. The molecule has 2 heterocycles. The van der Waals surface area contributed by atoms with Crippen molar-refractivity contribution in [1.29, 1.82) is 0 Å². The number of ether oxygens (including phenoxy) is 1. The zero-order valence-electron chi connectivity index (χ0n) is 24.2. The molecule has 11 heteroatoms. The standard InChI is InChI=1S/C31H41N5O5.ClH/c1-30(2,32)28(39)35-26(20-22-21-34-25-13-7-6-12-24(22)25)27(38)36-17-14-31(15-18-36,23-10-4-3-5-11-23)41-29(40)33-16-8-9-19-37;/h3-7,10-13,21,26,34,37H,8-9,14-20,32H2,1-2H3,(H,33,40)(H,35,39);1H/t26-;/m1./s1. The van der Waals surface area contributed by atoms with Gasteiger partial charge in [-0.1, -0.05) is 48.5 Å². The highest BCUT2D eigenvalue weighted by Crippen LogP contribution is 2.37. The Morgan fingerprint density at radius 3 is 2.40 bits per heavy atom. The van der Waals surface area contributed by atoms with Crippen molar-refractivity contribution in [2.75, 3.05) is 26.2 Å². The molecule has 0 bridgehead atoms. The van der Waals surface area contributed by atoms with Gasteiger partial charge in [0.1, 0.15) is 11.6 Å². The van der Waals surface area contributed by atoms with Gasteiger partial charge in [-0.15, -0.1) is 12.4 Å². The number of benzene rings is 2. The van der Waals surface area contributed by atoms with Crippen molar-refractivity contribution in [2.24, 2.45) is 5.73 Å². The number of aromatic amines is 1. The second-order valence-corrected chi connectivity index (χ2v) is 11.2. The number of rotatable bonds is 11. The average Bonchev–Trinajstić information content (AvgIpc) is 3.37. The van der Waals surface area contributed by atoms with Crippen molar-refractivity contribution in [1.82, 2.24) is 20.5 Å². The lowest BCUT2D eigenvalue weighted by molar-refractivity contribution is -0.141. The minimum absolute atomic E-state index is 0. The highest BCUT2D eigenvalue weighted by Gasteiger charge is 2.42. The summed E-state index contributed by atoms with van der Waals surface area (Å²) in [4.78, 5) is 44.5. The zero-order valence-corrected chi connectivity index (χ0v) is 25.0. The number of nitrogens with zero attached hydrogens (tertiary/aromatic N) is 1. The Morgan fingerprint density at radius 2 is 1.74 bits per heavy atom. The first-order valence-electron chi connectivity index (χ1n) is 14.2. The number of alkyl carbamates (subject to hydrolysis) is 1. The number of carbonyl (C=O) groups is 3. The molecule has 3 aromatic rings. The second-order valence-electron chi connectivity index (χ2n) is 11.2. The van der Waals surface area contributed by atoms with Crippen LogP contribution in [-0.4, -0.2) is 70.7 Å². The highest BCUT2D eigenvalue weighted by molar-refractivity contribution is 5.92. The van der Waals surface area contributed by atoms with Gasteiger partial charge in [0.2, 0.25) is 11.8 Å². The molecule has 1 fully saturated rings. The summed E-state index contributed by atoms with van der Waals surface area (Å²) in [6, 6.07) is 16.6. The maximum atomic E-state index is 13.9. The van der Waals surface area contributed by atoms with E-state index in [-0.39, 0.29) is 24.9 Å². The minimum atomic E-state index is -1.15. The first-order valence-corrected chi connectivity index (χ1v) is 14.2. The molecule has 2 aromatic carbocycles. The van der Waals surface area contributed by atoms with E-state index in [4.69, 9.17) is 15.6 Å². The summed E-state index contributed by atoms with van der Waals surface area (Å²) in [6.07, 6.45) is 3.70. The molecule has 0 aliphatic carbocycles. The van der Waals surface area contributed by atoms with Crippen molar-refractivity contribution >= 4 is 41.2 Å². The molecule has 0 saturated carbocycles. The number of likely N-dealkylation sites (tertiary alicyclic amines) is 1. The lowest BCUT2D eigenvalue weighted by atomic mass is 9.83. The van der Waals surface area contributed by atoms with E-state index in [0.717, 1.165) is 22.0 Å². The van der Waals surface area contributed by atoms with Crippen molar-refractivity contribution in [3.8, 4) is 0 Å². The van der Waals surface area contributed by atoms with Gasteiger partial charge < -0.3 is 36.1 Å². The van der Waals surface area contributed by atoms with E-state index in [0.29, 0.717) is 51.7 Å². The van der Waals surface area contributed by atoms with Crippen LogP contribution in [0.3, 0.4) is 0 Å². The maximum Gasteiger partial charge on any atom is 0.408 e. The quantitative estimate of drug-likeness (QED) is 0.213. The first-order chi connectivity index (χ1) is 19.6. The predicted molar refractivity (Wildman–Crippen MR) is 164 cm³/mol. The Morgan fingerprint density at radius 1 is 1.07 bits per heavy atom. The molecule has 6 N–H and O–H groups in total. The number of hydrogen-bond donors (Lipinski definition) is 5. The third-order valence-electron chi connectivity index (χ3n) is 7.61. The number of H-pyrrole nitrogens is 1. The van der Waals surface area contributed by atoms with E-state index in [1.807, 2.05) is 60.8 Å². The largest absolute Gasteiger partial charge is 0.438 e. The minimum Gasteiger partial charge on any atom is -0.438 e. The van der Waals surface area contributed by atoms with Crippen LogP contribution in [0.15, 0.2) is 60.8 Å². The summed E-state index contributed by atoms with van der Waals surface area (Å²) in [5, 5.41) is 15.6. The lowest BCUT2D eigenvalue weighted by Gasteiger charge is -2.42. The number of carbonyl (C=O) groups excluding carboxylic acids is 3. The van der Waals surface area contributed by atoms with E-state index in [1.54, 1.807) is 18.7 Å². The van der Waals surface area contributed by atoms with E-state index in [2.05, 4.69) is 15.6 Å². The van der Waals surface area contributed by atoms with Gasteiger partial charge in [0, 0.05) is 62.6 Å². The Labute approximate surface area is 252 Å². The molecular formula is C31H42ClN5O5. The molecule has 0 unspecified atom stereocenters. The van der Waals surface area contributed by atoms with Crippen LogP contribution in [0.1, 0.15) is 50.7 Å². The Balaban J connectivity index is 0.00000484. The van der Waals surface area contributed by atoms with E-state index < -0.39 is 29.2 Å². The third kappa shape index (κ3) is 8.02. The first kappa shape index (κ1) is 32.9. The van der Waals surface area contributed by atoms with Crippen molar-refractivity contribution < 1.29 is 24.2 Å². The zero-order chi connectivity index (χ0) is 29.5. The second kappa shape index (κ2) is 14.5. The SMILES string of the molecule is CC(C)(N)C(=O)N[C@H](Cc1c[nH]c2ccccc12)C(=O)N1CCC(OC(=O)NCCCCO)(c2ccccc2)CC1.Cl. The van der Waals surface area contributed by atoms with Crippen LogP contribution in [0, 0.1) is 0 Å². The van der Waals surface area contributed by atoms with Gasteiger partial charge in [0.15, 0.2) is 0 Å². The summed E-state index contributed by atoms with van der Waals surface area (Å²) in [5.41, 5.74) is 6.76. The fourth-order valence-electron chi connectivity index (χ4n) is 5.21. The molecular weight excluding hydrogens is 558 g/mol. The van der Waals surface area contributed by atoms with E-state index in [1.165, 1.54) is 0 Å². The van der Waals surface area contributed by atoms with Gasteiger partial charge in [-0.05, 0) is 43.9 Å². The molecule has 3 amide bonds. The van der Waals surface area contributed by atoms with E-state index >= 15 is 0 Å². The number of unbranched alkanes of at least 4 members (excludes halogenated alkanes) is 1. The predicted octanol–water partition coefficient (Wildman–Crippen LogP) is 3.37. The average molecular weight is 600 g/mol. The Kier molecular flexibility index (Phi) is 11.4. The number of piperidine rings is 1. The molecule has 1 aliphatic heterocycles. The topological polar surface area (TPSA) is 150 Å². The number of fused-ring (bicyclic) bond motifs is 1. The molecule has 228 valence electrons. The number of para-hydroxylation sites is 1. The van der Waals surface area contributed by atoms with Gasteiger partial charge in [0.25, 0.3) is 0 Å². The van der Waals surface area contributed by atoms with Crippen LogP contribution in [0.2, 0.25) is 0 Å². The molecule has 1 atom stereocenters. The van der Waals surface area contributed by atoms with Gasteiger partial charge in [0.05, 0.1) is 5.54 Å². The molecule has 1 saturated heterocycles. The number of nitrogens with two attached hydrogens (primary N) is 1. The summed E-state index contributed by atoms with van der Waals surface area (Å²) >= 11 is 0. The summed E-state index contributed by atoms with van der Waals surface area (Å²) in [6.45, 7) is 4.38. The van der Waals surface area contributed by atoms with Crippen LogP contribution >= 0.6 is 12.4 Å². The number of aliphatic hydroxyl groups is 1. The molecule has 4 rings (SSSR count). The van der Waals surface area contributed by atoms with Crippen LogP contribution in [0.5, 0.6) is 0 Å². The fourth-order valence-corrected chi connectivity index (χ4v) is 5.21. The van der Waals surface area contributed by atoms with Gasteiger partial charge in [-0.2, -0.15) is 0 Å². The monoisotopic (exact) mass is 599 g/mol. The summed E-state index contributed by atoms with van der Waals surface area (Å²) in [7, 11) is 0. The smallest absolute Gasteiger partial charge is 0.408 e. The molecule has 0 radical (unpaired) electrons. The van der Waals surface area contributed by atoms with Crippen LogP contribution in [0.25, 0.3) is 10.9 Å². The molecule has 10 nitrogen and oxygen atoms in total. The van der Waals surface area contributed by atoms with E-state index in [9.17, 15) is 14.4 Å². The molecule has 1 aliphatic rings. The Hall–Kier alpha value is -3.60. The van der Waals surface area contributed by atoms with Gasteiger partial charge in [-0.3, -0.25) is 9.59 Å². The number of hydrogen-bond acceptors (Lipinski definition) is 6. The highest BCUT2D eigenvalue weighted by atomic mass is 35.5. The number of aliphatic hydroxyl groups excluding tert-OH is 1. The van der Waals surface area contributed by atoms with Crippen molar-refractivity contribution in [3.63, 3.8) is 0 Å². The van der Waals surface area contributed by atoms with Crippen molar-refractivity contribution in [2.45, 2.75) is 63.1 Å². The van der Waals surface area contributed by atoms with Crippen LogP contribution in [0.4, 0.5) is 4.79 Å². The van der Waals surface area contributed by atoms with Gasteiger partial charge in [-0.25, -0.2) is 4.79 Å². The number of nitrogens with one attached hydrogen (secondary N) is 3. The normalized spacial score (nSPS) is 15.4. The van der Waals surface area contributed by atoms with Gasteiger partial charge >= 0.3 is 6.09 Å². The molecule has 42 heavy (non-hydrogen) atoms.